The third-order valence-electron chi connectivity index (χ3n) is 7.69. The summed E-state index contributed by atoms with van der Waals surface area (Å²) >= 11 is 0. The fourth-order valence-electron chi connectivity index (χ4n) is 6.20. The van der Waals surface area contributed by atoms with Crippen LogP contribution in [0.2, 0.25) is 0 Å². The van der Waals surface area contributed by atoms with E-state index in [1.165, 1.54) is 62.7 Å². The Morgan fingerprint density at radius 3 is 2.48 bits per heavy atom. The Hall–Kier alpha value is -2.31. The second-order valence-electron chi connectivity index (χ2n) is 9.20. The zero-order valence-corrected chi connectivity index (χ0v) is 17.3. The van der Waals surface area contributed by atoms with Crippen molar-refractivity contribution in [2.75, 3.05) is 20.2 Å². The lowest BCUT2D eigenvalue weighted by Gasteiger charge is -2.40. The van der Waals surface area contributed by atoms with Crippen molar-refractivity contribution in [2.45, 2.75) is 50.5 Å². The van der Waals surface area contributed by atoms with Crippen molar-refractivity contribution < 1.29 is 4.74 Å². The molecule has 0 radical (unpaired) electrons. The van der Waals surface area contributed by atoms with Crippen molar-refractivity contribution in [1.29, 1.82) is 5.26 Å². The van der Waals surface area contributed by atoms with Gasteiger partial charge in [0.1, 0.15) is 5.75 Å². The maximum atomic E-state index is 9.23. The molecule has 0 aromatic heterocycles. The van der Waals surface area contributed by atoms with Gasteiger partial charge in [-0.3, -0.25) is 0 Å². The number of fused-ring (bicyclic) bond motifs is 2. The average molecular weight is 387 g/mol. The van der Waals surface area contributed by atoms with E-state index in [1.54, 1.807) is 7.11 Å². The summed E-state index contributed by atoms with van der Waals surface area (Å²) in [6.45, 7) is 2.44. The molecule has 3 nitrogen and oxygen atoms in total. The summed E-state index contributed by atoms with van der Waals surface area (Å²) in [5, 5.41) is 9.23. The van der Waals surface area contributed by atoms with Crippen LogP contribution in [0.15, 0.2) is 42.5 Å². The molecule has 2 aliphatic carbocycles. The van der Waals surface area contributed by atoms with Crippen LogP contribution >= 0.6 is 0 Å². The fraction of sp³-hybridized carbons (Fsp3) is 0.500. The first-order chi connectivity index (χ1) is 14.2. The van der Waals surface area contributed by atoms with E-state index in [0.29, 0.717) is 11.5 Å². The topological polar surface area (TPSA) is 36.3 Å². The second kappa shape index (κ2) is 7.84. The van der Waals surface area contributed by atoms with E-state index < -0.39 is 0 Å². The normalized spacial score (nSPS) is 27.1. The SMILES string of the molecule is COc1ccc(-c2cccc(C#N)c2)cc1C1CCN([C@@H]2C[C@H]3CCC2C3)CC1. The third kappa shape index (κ3) is 3.55. The van der Waals surface area contributed by atoms with Crippen LogP contribution in [0.3, 0.4) is 0 Å². The van der Waals surface area contributed by atoms with Crippen LogP contribution in [-0.4, -0.2) is 31.1 Å². The summed E-state index contributed by atoms with van der Waals surface area (Å²) in [6.07, 6.45) is 8.31. The molecular formula is C26H30N2O. The van der Waals surface area contributed by atoms with Crippen LogP contribution in [0.25, 0.3) is 11.1 Å². The summed E-state index contributed by atoms with van der Waals surface area (Å²) in [4.78, 5) is 2.80. The maximum absolute atomic E-state index is 9.23. The predicted molar refractivity (Wildman–Crippen MR) is 116 cm³/mol. The van der Waals surface area contributed by atoms with Gasteiger partial charge in [0.25, 0.3) is 0 Å². The number of methoxy groups -OCH3 is 1. The van der Waals surface area contributed by atoms with Crippen molar-refractivity contribution >= 4 is 0 Å². The molecule has 2 saturated carbocycles. The Bertz CT molecular complexity index is 923. The zero-order chi connectivity index (χ0) is 19.8. The van der Waals surface area contributed by atoms with Crippen LogP contribution in [0.4, 0.5) is 0 Å². The lowest BCUT2D eigenvalue weighted by atomic mass is 9.85. The molecule has 3 atom stereocenters. The van der Waals surface area contributed by atoms with E-state index in [2.05, 4.69) is 35.2 Å². The van der Waals surface area contributed by atoms with Gasteiger partial charge in [-0.15, -0.1) is 0 Å². The van der Waals surface area contributed by atoms with Crippen molar-refractivity contribution in [3.63, 3.8) is 0 Å². The van der Waals surface area contributed by atoms with E-state index in [1.807, 2.05) is 18.2 Å². The number of benzene rings is 2. The number of nitrogens with zero attached hydrogens (tertiary/aromatic N) is 2. The molecular weight excluding hydrogens is 356 g/mol. The summed E-state index contributed by atoms with van der Waals surface area (Å²) < 4.78 is 5.74. The van der Waals surface area contributed by atoms with Gasteiger partial charge in [0.15, 0.2) is 0 Å². The van der Waals surface area contributed by atoms with E-state index >= 15 is 0 Å². The molecule has 3 aliphatic rings. The van der Waals surface area contributed by atoms with E-state index in [4.69, 9.17) is 4.74 Å². The quantitative estimate of drug-likeness (QED) is 0.686. The minimum absolute atomic E-state index is 0.555. The largest absolute Gasteiger partial charge is 0.496 e. The number of hydrogen-bond acceptors (Lipinski definition) is 3. The van der Waals surface area contributed by atoms with Crippen molar-refractivity contribution in [3.8, 4) is 22.9 Å². The van der Waals surface area contributed by atoms with Gasteiger partial charge in [0.05, 0.1) is 18.7 Å². The van der Waals surface area contributed by atoms with Crippen molar-refractivity contribution in [1.82, 2.24) is 4.90 Å². The van der Waals surface area contributed by atoms with Crippen LogP contribution < -0.4 is 4.74 Å². The van der Waals surface area contributed by atoms with Gasteiger partial charge in [0, 0.05) is 6.04 Å². The first-order valence-corrected chi connectivity index (χ1v) is 11.2. The summed E-state index contributed by atoms with van der Waals surface area (Å²) in [5.41, 5.74) is 4.32. The Balaban J connectivity index is 1.34. The smallest absolute Gasteiger partial charge is 0.122 e. The van der Waals surface area contributed by atoms with Gasteiger partial charge in [-0.1, -0.05) is 24.6 Å². The highest BCUT2D eigenvalue weighted by Gasteiger charge is 2.43. The molecule has 0 N–H and O–H groups in total. The molecule has 2 aromatic carbocycles. The lowest BCUT2D eigenvalue weighted by Crippen LogP contribution is -2.43. The highest BCUT2D eigenvalue weighted by Crippen LogP contribution is 2.48. The number of hydrogen-bond donors (Lipinski definition) is 0. The minimum Gasteiger partial charge on any atom is -0.496 e. The molecule has 0 amide bonds. The Kier molecular flexibility index (Phi) is 5.06. The Morgan fingerprint density at radius 1 is 0.966 bits per heavy atom. The van der Waals surface area contributed by atoms with Gasteiger partial charge >= 0.3 is 0 Å². The number of likely N-dealkylation sites (tertiary alicyclic amines) is 1. The van der Waals surface area contributed by atoms with Crippen LogP contribution in [0.5, 0.6) is 5.75 Å². The zero-order valence-electron chi connectivity index (χ0n) is 17.3. The molecule has 29 heavy (non-hydrogen) atoms. The molecule has 3 fully saturated rings. The standard InChI is InChI=1S/C26H30N2O/c1-29-26-8-7-22(21-4-2-3-19(14-21)17-27)16-24(26)20-9-11-28(12-10-20)25-15-18-5-6-23(25)13-18/h2-4,7-8,14,16,18,20,23,25H,5-6,9-13,15H2,1H3/t18-,23?,25+/m0/s1. The molecule has 5 rings (SSSR count). The Labute approximate surface area is 174 Å². The fourth-order valence-corrected chi connectivity index (χ4v) is 6.20. The highest BCUT2D eigenvalue weighted by atomic mass is 16.5. The monoisotopic (exact) mass is 386 g/mol. The Morgan fingerprint density at radius 2 is 1.79 bits per heavy atom. The van der Waals surface area contributed by atoms with E-state index in [0.717, 1.165) is 29.2 Å². The molecule has 3 heteroatoms. The molecule has 150 valence electrons. The molecule has 1 heterocycles. The van der Waals surface area contributed by atoms with Gasteiger partial charge in [-0.2, -0.15) is 5.26 Å². The minimum atomic E-state index is 0.555. The van der Waals surface area contributed by atoms with Crippen molar-refractivity contribution in [2.24, 2.45) is 11.8 Å². The summed E-state index contributed by atoms with van der Waals surface area (Å²) in [6, 6.07) is 17.5. The van der Waals surface area contributed by atoms with Gasteiger partial charge in [0.2, 0.25) is 0 Å². The molecule has 1 aliphatic heterocycles. The molecule has 1 saturated heterocycles. The van der Waals surface area contributed by atoms with Crippen molar-refractivity contribution in [3.05, 3.63) is 53.6 Å². The van der Waals surface area contributed by atoms with Gasteiger partial charge in [-0.05, 0) is 104 Å². The number of piperidine rings is 1. The lowest BCUT2D eigenvalue weighted by molar-refractivity contribution is 0.110. The van der Waals surface area contributed by atoms with E-state index in [-0.39, 0.29) is 0 Å². The molecule has 1 unspecified atom stereocenters. The molecule has 2 bridgehead atoms. The maximum Gasteiger partial charge on any atom is 0.122 e. The first kappa shape index (κ1) is 18.7. The van der Waals surface area contributed by atoms with Gasteiger partial charge in [-0.25, -0.2) is 0 Å². The highest BCUT2D eigenvalue weighted by molar-refractivity contribution is 5.67. The number of nitriles is 1. The molecule has 2 aromatic rings. The third-order valence-corrected chi connectivity index (χ3v) is 7.69. The van der Waals surface area contributed by atoms with Crippen LogP contribution in [0.1, 0.15) is 55.6 Å². The van der Waals surface area contributed by atoms with Gasteiger partial charge < -0.3 is 9.64 Å². The summed E-state index contributed by atoms with van der Waals surface area (Å²) in [7, 11) is 1.78. The summed E-state index contributed by atoms with van der Waals surface area (Å²) in [5.74, 6) is 3.55. The van der Waals surface area contributed by atoms with Crippen LogP contribution in [0, 0.1) is 23.2 Å². The second-order valence-corrected chi connectivity index (χ2v) is 9.20. The van der Waals surface area contributed by atoms with Crippen LogP contribution in [-0.2, 0) is 0 Å². The van der Waals surface area contributed by atoms with E-state index in [9.17, 15) is 5.26 Å². The predicted octanol–water partition coefficient (Wildman–Crippen LogP) is 5.60. The number of ether oxygens (including phenoxy) is 1. The average Bonchev–Trinajstić information content (AvgIpc) is 3.43. The first-order valence-electron chi connectivity index (χ1n) is 11.2. The molecule has 0 spiro atoms. The number of rotatable bonds is 4.